The molecule has 8 heteroatoms. The molecule has 0 unspecified atom stereocenters. The minimum atomic E-state index is -0.381. The van der Waals surface area contributed by atoms with Crippen LogP contribution in [0.1, 0.15) is 18.3 Å². The fourth-order valence-corrected chi connectivity index (χ4v) is 3.17. The number of ether oxygens (including phenoxy) is 1. The predicted molar refractivity (Wildman–Crippen MR) is 98.9 cm³/mol. The molecule has 2 heterocycles. The molecule has 26 heavy (non-hydrogen) atoms. The summed E-state index contributed by atoms with van der Waals surface area (Å²) in [6, 6.07) is 8.58. The molecule has 3 rings (SSSR count). The minimum absolute atomic E-state index is 0.0932. The van der Waals surface area contributed by atoms with Gasteiger partial charge in [0.25, 0.3) is 16.7 Å². The molecule has 0 radical (unpaired) electrons. The van der Waals surface area contributed by atoms with Gasteiger partial charge in [0.1, 0.15) is 18.2 Å². The molecule has 7 nitrogen and oxygen atoms in total. The molecule has 0 saturated carbocycles. The van der Waals surface area contributed by atoms with E-state index in [2.05, 4.69) is 10.3 Å². The number of hydrogen-bond acceptors (Lipinski definition) is 6. The van der Waals surface area contributed by atoms with Crippen molar-refractivity contribution in [1.29, 1.82) is 0 Å². The molecular formula is C18H17N3O4S. The number of aromatic nitrogens is 2. The highest BCUT2D eigenvalue weighted by Gasteiger charge is 2.24. The van der Waals surface area contributed by atoms with Crippen LogP contribution >= 0.6 is 11.8 Å². The number of thioether (sulfide) groups is 1. The van der Waals surface area contributed by atoms with Gasteiger partial charge in [-0.2, -0.15) is 0 Å². The first-order valence-corrected chi connectivity index (χ1v) is 8.91. The predicted octanol–water partition coefficient (Wildman–Crippen LogP) is 2.21. The van der Waals surface area contributed by atoms with Crippen molar-refractivity contribution >= 4 is 29.0 Å². The first-order chi connectivity index (χ1) is 12.6. The third-order valence-electron chi connectivity index (χ3n) is 3.74. The van der Waals surface area contributed by atoms with Crippen LogP contribution in [-0.4, -0.2) is 27.3 Å². The van der Waals surface area contributed by atoms with Gasteiger partial charge in [-0.25, -0.2) is 4.98 Å². The molecule has 1 saturated heterocycles. The highest BCUT2D eigenvalue weighted by Crippen LogP contribution is 2.26. The number of hydrogen-bond donors (Lipinski definition) is 1. The lowest BCUT2D eigenvalue weighted by Crippen LogP contribution is -2.26. The first-order valence-electron chi connectivity index (χ1n) is 8.09. The van der Waals surface area contributed by atoms with Gasteiger partial charge < -0.3 is 4.74 Å². The first kappa shape index (κ1) is 17.9. The van der Waals surface area contributed by atoms with Crippen molar-refractivity contribution in [3.8, 4) is 5.75 Å². The van der Waals surface area contributed by atoms with Crippen molar-refractivity contribution < 1.29 is 14.3 Å². The Morgan fingerprint density at radius 2 is 1.96 bits per heavy atom. The number of imide groups is 1. The average molecular weight is 371 g/mol. The Balaban J connectivity index is 1.60. The number of nitrogens with zero attached hydrogens (tertiary/aromatic N) is 2. The molecule has 1 aliphatic heterocycles. The summed E-state index contributed by atoms with van der Waals surface area (Å²) in [5.74, 6) is 1.00. The maximum absolute atomic E-state index is 11.9. The van der Waals surface area contributed by atoms with Crippen LogP contribution in [0.4, 0.5) is 4.79 Å². The van der Waals surface area contributed by atoms with Crippen molar-refractivity contribution in [2.75, 3.05) is 6.61 Å². The quantitative estimate of drug-likeness (QED) is 0.783. The molecule has 1 aliphatic rings. The summed E-state index contributed by atoms with van der Waals surface area (Å²) in [5, 5.41) is 1.85. The Labute approximate surface area is 154 Å². The van der Waals surface area contributed by atoms with Crippen LogP contribution < -0.4 is 15.6 Å². The molecule has 0 spiro atoms. The van der Waals surface area contributed by atoms with E-state index in [1.165, 1.54) is 12.3 Å². The molecule has 1 fully saturated rings. The van der Waals surface area contributed by atoms with Gasteiger partial charge in [-0.1, -0.05) is 19.1 Å². The lowest BCUT2D eigenvalue weighted by Gasteiger charge is -2.11. The van der Waals surface area contributed by atoms with E-state index in [0.717, 1.165) is 23.1 Å². The van der Waals surface area contributed by atoms with Gasteiger partial charge >= 0.3 is 0 Å². The second-order valence-corrected chi connectivity index (χ2v) is 6.49. The summed E-state index contributed by atoms with van der Waals surface area (Å²) in [6.45, 7) is 2.70. The van der Waals surface area contributed by atoms with E-state index >= 15 is 0 Å². The molecule has 0 bridgehead atoms. The molecule has 1 aromatic carbocycles. The van der Waals surface area contributed by atoms with Crippen LogP contribution in [0.3, 0.4) is 0 Å². The van der Waals surface area contributed by atoms with Crippen LogP contribution in [0, 0.1) is 0 Å². The van der Waals surface area contributed by atoms with E-state index in [4.69, 9.17) is 4.74 Å². The Morgan fingerprint density at radius 1 is 1.19 bits per heavy atom. The van der Waals surface area contributed by atoms with Crippen molar-refractivity contribution in [2.45, 2.75) is 19.9 Å². The zero-order chi connectivity index (χ0) is 18.5. The number of carbonyl (C=O) groups excluding carboxylic acids is 2. The van der Waals surface area contributed by atoms with Gasteiger partial charge in [0.2, 0.25) is 0 Å². The van der Waals surface area contributed by atoms with E-state index in [0.29, 0.717) is 30.2 Å². The summed E-state index contributed by atoms with van der Waals surface area (Å²) in [5.41, 5.74) is 0.700. The molecule has 0 atom stereocenters. The maximum Gasteiger partial charge on any atom is 0.290 e. The number of carbonyl (C=O) groups is 2. The third kappa shape index (κ3) is 4.20. The summed E-state index contributed by atoms with van der Waals surface area (Å²) >= 11 is 0.881. The number of benzene rings is 1. The molecule has 1 aromatic heterocycles. The van der Waals surface area contributed by atoms with Gasteiger partial charge in [-0.05, 0) is 35.5 Å². The monoisotopic (exact) mass is 371 g/mol. The fraction of sp³-hybridized carbons (Fsp3) is 0.222. The SMILES string of the molecule is CCc1nccc(=O)n1CCOc1ccc(C=C2SC(=O)NC2=O)cc1. The Kier molecular flexibility index (Phi) is 5.52. The second-order valence-electron chi connectivity index (χ2n) is 5.47. The van der Waals surface area contributed by atoms with E-state index < -0.39 is 0 Å². The van der Waals surface area contributed by atoms with Gasteiger partial charge in [0.15, 0.2) is 0 Å². The van der Waals surface area contributed by atoms with Gasteiger partial charge in [0, 0.05) is 18.7 Å². The Bertz CT molecular complexity index is 919. The van der Waals surface area contributed by atoms with Crippen LogP contribution in [0.5, 0.6) is 5.75 Å². The largest absolute Gasteiger partial charge is 0.492 e. The van der Waals surface area contributed by atoms with Crippen LogP contribution in [0.15, 0.2) is 46.2 Å². The summed E-state index contributed by atoms with van der Waals surface area (Å²) < 4.78 is 7.28. The van der Waals surface area contributed by atoms with Crippen molar-refractivity contribution in [2.24, 2.45) is 0 Å². The zero-order valence-electron chi connectivity index (χ0n) is 14.1. The molecule has 0 aliphatic carbocycles. The van der Waals surface area contributed by atoms with Crippen molar-refractivity contribution in [3.05, 3.63) is 63.2 Å². The second kappa shape index (κ2) is 8.01. The van der Waals surface area contributed by atoms with Crippen LogP contribution in [0.25, 0.3) is 6.08 Å². The normalized spacial score (nSPS) is 15.3. The minimum Gasteiger partial charge on any atom is -0.492 e. The Morgan fingerprint density at radius 3 is 2.62 bits per heavy atom. The van der Waals surface area contributed by atoms with Crippen LogP contribution in [0.2, 0.25) is 0 Å². The van der Waals surface area contributed by atoms with Gasteiger partial charge in [0.05, 0.1) is 11.4 Å². The van der Waals surface area contributed by atoms with E-state index in [1.54, 1.807) is 34.9 Å². The maximum atomic E-state index is 11.9. The number of nitrogens with one attached hydrogen (secondary N) is 1. The smallest absolute Gasteiger partial charge is 0.290 e. The van der Waals surface area contributed by atoms with Crippen molar-refractivity contribution in [1.82, 2.24) is 14.9 Å². The average Bonchev–Trinajstić information content (AvgIpc) is 2.95. The number of rotatable bonds is 6. The van der Waals surface area contributed by atoms with Crippen molar-refractivity contribution in [3.63, 3.8) is 0 Å². The van der Waals surface area contributed by atoms with E-state index in [-0.39, 0.29) is 16.7 Å². The fourth-order valence-electron chi connectivity index (χ4n) is 2.48. The number of aryl methyl sites for hydroxylation is 1. The van der Waals surface area contributed by atoms with Gasteiger partial charge in [-0.15, -0.1) is 0 Å². The highest BCUT2D eigenvalue weighted by molar-refractivity contribution is 8.18. The summed E-state index contributed by atoms with van der Waals surface area (Å²) in [4.78, 5) is 39.2. The lowest BCUT2D eigenvalue weighted by molar-refractivity contribution is -0.115. The molecule has 2 amide bonds. The number of amides is 2. The van der Waals surface area contributed by atoms with Crippen LogP contribution in [-0.2, 0) is 17.8 Å². The van der Waals surface area contributed by atoms with E-state index in [9.17, 15) is 14.4 Å². The zero-order valence-corrected chi connectivity index (χ0v) is 14.9. The molecule has 1 N–H and O–H groups in total. The lowest BCUT2D eigenvalue weighted by atomic mass is 10.2. The van der Waals surface area contributed by atoms with Gasteiger partial charge in [-0.3, -0.25) is 24.3 Å². The molecule has 2 aromatic rings. The summed E-state index contributed by atoms with van der Waals surface area (Å²) in [7, 11) is 0. The third-order valence-corrected chi connectivity index (χ3v) is 4.55. The van der Waals surface area contributed by atoms with E-state index in [1.807, 2.05) is 6.92 Å². The Hall–Kier alpha value is -2.87. The standard InChI is InChI=1S/C18H17N3O4S/c1-2-15-19-8-7-16(22)21(15)9-10-25-13-5-3-12(4-6-13)11-14-17(23)20-18(24)26-14/h3-8,11H,2,9-10H2,1H3,(H,20,23,24). The topological polar surface area (TPSA) is 90.3 Å². The summed E-state index contributed by atoms with van der Waals surface area (Å²) in [6.07, 6.45) is 3.84. The highest BCUT2D eigenvalue weighted by atomic mass is 32.2. The molecular weight excluding hydrogens is 354 g/mol. The molecule has 134 valence electrons.